The first-order valence-corrected chi connectivity index (χ1v) is 6.57. The van der Waals surface area contributed by atoms with E-state index in [1.54, 1.807) is 0 Å². The summed E-state index contributed by atoms with van der Waals surface area (Å²) in [4.78, 5) is 2.19. The summed E-state index contributed by atoms with van der Waals surface area (Å²) in [6, 6.07) is 9.03. The Bertz CT molecular complexity index is 481. The molecule has 0 fully saturated rings. The molecule has 0 aliphatic heterocycles. The smallest absolute Gasteiger partial charge is 0.0399 e. The van der Waals surface area contributed by atoms with Gasteiger partial charge in [0.05, 0.1) is 0 Å². The molecular formula is C17H23N. The fourth-order valence-corrected chi connectivity index (χ4v) is 2.35. The molecule has 18 heavy (non-hydrogen) atoms. The van der Waals surface area contributed by atoms with Gasteiger partial charge in [-0.2, -0.15) is 0 Å². The van der Waals surface area contributed by atoms with Crippen molar-refractivity contribution in [3.05, 3.63) is 53.2 Å². The van der Waals surface area contributed by atoms with Gasteiger partial charge in [0.2, 0.25) is 0 Å². The maximum absolute atomic E-state index is 2.26. The van der Waals surface area contributed by atoms with Gasteiger partial charge in [0, 0.05) is 19.8 Å². The summed E-state index contributed by atoms with van der Waals surface area (Å²) in [5.41, 5.74) is 5.73. The molecule has 1 heteroatoms. The third-order valence-electron chi connectivity index (χ3n) is 3.49. The summed E-state index contributed by atoms with van der Waals surface area (Å²) < 4.78 is 0. The molecule has 0 aromatic heterocycles. The van der Waals surface area contributed by atoms with Crippen LogP contribution in [0.25, 0.3) is 5.57 Å². The third kappa shape index (κ3) is 2.50. The van der Waals surface area contributed by atoms with E-state index >= 15 is 0 Å². The predicted octanol–water partition coefficient (Wildman–Crippen LogP) is 4.22. The lowest BCUT2D eigenvalue weighted by atomic mass is 9.86. The Morgan fingerprint density at radius 1 is 1.00 bits per heavy atom. The molecule has 0 amide bonds. The van der Waals surface area contributed by atoms with Gasteiger partial charge in [0.1, 0.15) is 0 Å². The van der Waals surface area contributed by atoms with Crippen LogP contribution >= 0.6 is 0 Å². The minimum Gasteiger partial charge on any atom is -0.377 e. The number of likely N-dealkylation sites (N-methyl/N-ethyl adjacent to an activating group) is 1. The van der Waals surface area contributed by atoms with E-state index in [4.69, 9.17) is 0 Å². The van der Waals surface area contributed by atoms with Crippen LogP contribution in [0.1, 0.15) is 38.3 Å². The first-order chi connectivity index (χ1) is 8.39. The lowest BCUT2D eigenvalue weighted by molar-refractivity contribution is 0.533. The Balaban J connectivity index is 2.34. The van der Waals surface area contributed by atoms with Gasteiger partial charge in [0.15, 0.2) is 0 Å². The van der Waals surface area contributed by atoms with Crippen LogP contribution in [0, 0.1) is 0 Å². The summed E-state index contributed by atoms with van der Waals surface area (Å²) in [5, 5.41) is 0. The van der Waals surface area contributed by atoms with Crippen molar-refractivity contribution in [3.63, 3.8) is 0 Å². The van der Waals surface area contributed by atoms with Crippen molar-refractivity contribution in [2.24, 2.45) is 0 Å². The molecule has 1 aliphatic carbocycles. The second-order valence-electron chi connectivity index (χ2n) is 6.19. The minimum absolute atomic E-state index is 0.227. The molecule has 0 spiro atoms. The largest absolute Gasteiger partial charge is 0.377 e. The van der Waals surface area contributed by atoms with E-state index in [9.17, 15) is 0 Å². The van der Waals surface area contributed by atoms with E-state index in [2.05, 4.69) is 76.2 Å². The number of allylic oxidation sites excluding steroid dienone is 3. The molecule has 0 saturated carbocycles. The van der Waals surface area contributed by atoms with E-state index in [0.29, 0.717) is 0 Å². The minimum atomic E-state index is 0.227. The molecule has 0 radical (unpaired) electrons. The van der Waals surface area contributed by atoms with Crippen LogP contribution in [0.3, 0.4) is 0 Å². The molecule has 1 aromatic carbocycles. The van der Waals surface area contributed by atoms with Crippen molar-refractivity contribution in [2.75, 3.05) is 14.1 Å². The molecule has 0 N–H and O–H groups in total. The van der Waals surface area contributed by atoms with Crippen LogP contribution in [0.2, 0.25) is 0 Å². The summed E-state index contributed by atoms with van der Waals surface area (Å²) in [7, 11) is 4.21. The maximum atomic E-state index is 2.26. The Hall–Kier alpha value is -1.50. The SMILES string of the molecule is CN(C)C1=C(c2ccc(C(C)(C)C)cc2)CC=C1. The van der Waals surface area contributed by atoms with E-state index in [1.165, 1.54) is 22.4 Å². The Kier molecular flexibility index (Phi) is 3.34. The van der Waals surface area contributed by atoms with E-state index in [1.807, 2.05) is 0 Å². The van der Waals surface area contributed by atoms with Crippen molar-refractivity contribution >= 4 is 5.57 Å². The van der Waals surface area contributed by atoms with Gasteiger partial charge in [-0.15, -0.1) is 0 Å². The highest BCUT2D eigenvalue weighted by Crippen LogP contribution is 2.31. The number of hydrogen-bond donors (Lipinski definition) is 0. The molecule has 0 atom stereocenters. The molecule has 1 aliphatic rings. The highest BCUT2D eigenvalue weighted by molar-refractivity contribution is 5.74. The van der Waals surface area contributed by atoms with E-state index in [-0.39, 0.29) is 5.41 Å². The standard InChI is InChI=1S/C17H23N/c1-17(2,3)14-11-9-13(10-12-14)15-7-6-8-16(15)18(4)5/h6,8-12H,7H2,1-5H3. The van der Waals surface area contributed by atoms with E-state index < -0.39 is 0 Å². The van der Waals surface area contributed by atoms with Crippen LogP contribution in [-0.4, -0.2) is 19.0 Å². The van der Waals surface area contributed by atoms with Crippen molar-refractivity contribution in [3.8, 4) is 0 Å². The zero-order valence-corrected chi connectivity index (χ0v) is 12.1. The second kappa shape index (κ2) is 4.64. The summed E-state index contributed by atoms with van der Waals surface area (Å²) in [6.07, 6.45) is 5.50. The molecule has 1 aromatic rings. The highest BCUT2D eigenvalue weighted by atomic mass is 15.1. The monoisotopic (exact) mass is 241 g/mol. The Morgan fingerprint density at radius 2 is 1.61 bits per heavy atom. The highest BCUT2D eigenvalue weighted by Gasteiger charge is 2.16. The summed E-state index contributed by atoms with van der Waals surface area (Å²) >= 11 is 0. The molecule has 0 saturated heterocycles. The van der Waals surface area contributed by atoms with Crippen molar-refractivity contribution in [2.45, 2.75) is 32.6 Å². The lowest BCUT2D eigenvalue weighted by Gasteiger charge is -2.20. The number of benzene rings is 1. The van der Waals surface area contributed by atoms with Crippen LogP contribution < -0.4 is 0 Å². The third-order valence-corrected chi connectivity index (χ3v) is 3.49. The zero-order valence-electron chi connectivity index (χ0n) is 12.1. The molecule has 0 unspecified atom stereocenters. The van der Waals surface area contributed by atoms with Crippen molar-refractivity contribution < 1.29 is 0 Å². The molecular weight excluding hydrogens is 218 g/mol. The number of rotatable bonds is 2. The van der Waals surface area contributed by atoms with E-state index in [0.717, 1.165) is 6.42 Å². The summed E-state index contributed by atoms with van der Waals surface area (Å²) in [6.45, 7) is 6.76. The average molecular weight is 241 g/mol. The number of nitrogens with zero attached hydrogens (tertiary/aromatic N) is 1. The topological polar surface area (TPSA) is 3.24 Å². The van der Waals surface area contributed by atoms with Crippen molar-refractivity contribution in [1.29, 1.82) is 0 Å². The quantitative estimate of drug-likeness (QED) is 0.749. The number of hydrogen-bond acceptors (Lipinski definition) is 1. The van der Waals surface area contributed by atoms with Crippen LogP contribution in [0.15, 0.2) is 42.1 Å². The van der Waals surface area contributed by atoms with Gasteiger partial charge < -0.3 is 4.90 Å². The fourth-order valence-electron chi connectivity index (χ4n) is 2.35. The van der Waals surface area contributed by atoms with Gasteiger partial charge in [-0.25, -0.2) is 0 Å². The molecule has 2 rings (SSSR count). The molecule has 1 nitrogen and oxygen atoms in total. The average Bonchev–Trinajstić information content (AvgIpc) is 2.77. The second-order valence-corrected chi connectivity index (χ2v) is 6.19. The van der Waals surface area contributed by atoms with Gasteiger partial charge in [-0.3, -0.25) is 0 Å². The van der Waals surface area contributed by atoms with Gasteiger partial charge in [0.25, 0.3) is 0 Å². The lowest BCUT2D eigenvalue weighted by Crippen LogP contribution is -2.11. The zero-order chi connectivity index (χ0) is 13.3. The fraction of sp³-hybridized carbons (Fsp3) is 0.412. The normalized spacial score (nSPS) is 15.4. The first kappa shape index (κ1) is 12.9. The molecule has 96 valence electrons. The Labute approximate surface area is 111 Å². The van der Waals surface area contributed by atoms with Gasteiger partial charge in [-0.05, 0) is 34.6 Å². The van der Waals surface area contributed by atoms with Crippen LogP contribution in [0.5, 0.6) is 0 Å². The van der Waals surface area contributed by atoms with Gasteiger partial charge >= 0.3 is 0 Å². The first-order valence-electron chi connectivity index (χ1n) is 6.57. The molecule has 0 bridgehead atoms. The van der Waals surface area contributed by atoms with Gasteiger partial charge in [-0.1, -0.05) is 51.1 Å². The Morgan fingerprint density at radius 3 is 2.11 bits per heavy atom. The maximum Gasteiger partial charge on any atom is 0.0399 e. The molecule has 0 heterocycles. The summed E-state index contributed by atoms with van der Waals surface area (Å²) in [5.74, 6) is 0. The van der Waals surface area contributed by atoms with Crippen LogP contribution in [-0.2, 0) is 5.41 Å². The van der Waals surface area contributed by atoms with Crippen LogP contribution in [0.4, 0.5) is 0 Å². The predicted molar refractivity (Wildman–Crippen MR) is 79.5 cm³/mol. The van der Waals surface area contributed by atoms with Crippen molar-refractivity contribution in [1.82, 2.24) is 4.90 Å².